The molecule has 0 aliphatic carbocycles. The van der Waals surface area contributed by atoms with Gasteiger partial charge in [-0.1, -0.05) is 24.3 Å². The molecule has 0 rings (SSSR count). The maximum atomic E-state index is 10.8. The van der Waals surface area contributed by atoms with Gasteiger partial charge in [0.1, 0.15) is 5.78 Å². The van der Waals surface area contributed by atoms with Gasteiger partial charge in [0.05, 0.1) is 5.92 Å². The minimum Gasteiger partial charge on any atom is -0.351 e. The molecule has 0 saturated heterocycles. The molecule has 1 unspecified atom stereocenters. The number of nitrogens with zero attached hydrogens (tertiary/aromatic N) is 1. The summed E-state index contributed by atoms with van der Waals surface area (Å²) in [5, 5.41) is 0. The summed E-state index contributed by atoms with van der Waals surface area (Å²) in [5.41, 5.74) is -0.743. The predicted molar refractivity (Wildman–Crippen MR) is 116 cm³/mol. The Morgan fingerprint density at radius 1 is 1.04 bits per heavy atom. The number of Topliss-reactive ketones (excluding diaryl/α,β-unsaturated/α-hetero) is 1. The van der Waals surface area contributed by atoms with Crippen molar-refractivity contribution in [3.8, 4) is 0 Å². The van der Waals surface area contributed by atoms with E-state index in [9.17, 15) is 4.79 Å². The molecule has 0 spiro atoms. The van der Waals surface area contributed by atoms with Crippen molar-refractivity contribution in [1.82, 2.24) is 0 Å². The molecule has 0 N–H and O–H groups in total. The van der Waals surface area contributed by atoms with Crippen LogP contribution in [0.15, 0.2) is 50.6 Å². The van der Waals surface area contributed by atoms with Gasteiger partial charge in [-0.2, -0.15) is 0 Å². The van der Waals surface area contributed by atoms with Crippen LogP contribution in [0.2, 0.25) is 19.6 Å². The van der Waals surface area contributed by atoms with E-state index in [0.717, 1.165) is 25.7 Å². The summed E-state index contributed by atoms with van der Waals surface area (Å²) < 4.78 is 6.03. The average Bonchev–Trinajstić information content (AvgIpc) is 2.53. The van der Waals surface area contributed by atoms with Crippen molar-refractivity contribution in [2.24, 2.45) is 11.8 Å². The Bertz CT molecular complexity index is 493. The van der Waals surface area contributed by atoms with Gasteiger partial charge >= 0.3 is 5.72 Å². The molecule has 3 nitrogen and oxygen atoms in total. The highest BCUT2D eigenvalue weighted by Crippen LogP contribution is 2.33. The zero-order valence-corrected chi connectivity index (χ0v) is 18.4. The van der Waals surface area contributed by atoms with Crippen LogP contribution in [-0.2, 0) is 9.22 Å². The first-order chi connectivity index (χ1) is 12.0. The molecule has 0 aromatic heterocycles. The number of allylic oxidation sites excluding steroid dienone is 4. The van der Waals surface area contributed by atoms with E-state index in [1.54, 1.807) is 19.1 Å². The molecular weight excluding hydrogens is 338 g/mol. The van der Waals surface area contributed by atoms with Crippen LogP contribution >= 0.6 is 0 Å². The first kappa shape index (κ1) is 26.5. The molecule has 0 saturated carbocycles. The SMILES string of the molecule is C=CCC(CC=C)C(C)=O.[C-]#[N+]C(C)(O[Si](C)(C)C)C(CC=C)CC=C. The summed E-state index contributed by atoms with van der Waals surface area (Å²) in [6.07, 6.45) is 10.4. The highest BCUT2D eigenvalue weighted by Gasteiger charge is 2.43. The maximum Gasteiger partial charge on any atom is 0.328 e. The van der Waals surface area contributed by atoms with Gasteiger partial charge < -0.3 is 4.43 Å². The fourth-order valence-electron chi connectivity index (χ4n) is 2.58. The minimum atomic E-state index is -1.72. The number of hydrogen-bond acceptors (Lipinski definition) is 2. The number of carbonyl (C=O) groups excluding carboxylic acids is 1. The average molecular weight is 376 g/mol. The molecule has 0 fully saturated rings. The molecule has 4 heteroatoms. The Morgan fingerprint density at radius 2 is 1.42 bits per heavy atom. The lowest BCUT2D eigenvalue weighted by Gasteiger charge is -2.31. The molecule has 146 valence electrons. The number of carbonyl (C=O) groups is 1. The van der Waals surface area contributed by atoms with Crippen molar-refractivity contribution in [2.75, 3.05) is 0 Å². The molecule has 0 amide bonds. The fraction of sp³-hybridized carbons (Fsp3) is 0.545. The van der Waals surface area contributed by atoms with Crippen molar-refractivity contribution in [3.63, 3.8) is 0 Å². The third kappa shape index (κ3) is 11.8. The van der Waals surface area contributed by atoms with Crippen molar-refractivity contribution in [2.45, 2.75) is 64.9 Å². The second-order valence-corrected chi connectivity index (χ2v) is 11.9. The van der Waals surface area contributed by atoms with Crippen LogP contribution in [0.4, 0.5) is 0 Å². The molecule has 0 aromatic rings. The van der Waals surface area contributed by atoms with Gasteiger partial charge in [0.25, 0.3) is 0 Å². The van der Waals surface area contributed by atoms with Crippen LogP contribution in [-0.4, -0.2) is 19.8 Å². The van der Waals surface area contributed by atoms with Crippen molar-refractivity contribution in [3.05, 3.63) is 62.0 Å². The molecule has 0 radical (unpaired) electrons. The Labute approximate surface area is 162 Å². The van der Waals surface area contributed by atoms with Crippen molar-refractivity contribution in [1.29, 1.82) is 0 Å². The van der Waals surface area contributed by atoms with E-state index in [0.29, 0.717) is 0 Å². The normalized spacial score (nSPS) is 13.0. The Kier molecular flexibility index (Phi) is 13.8. The van der Waals surface area contributed by atoms with Crippen LogP contribution in [0, 0.1) is 18.4 Å². The summed E-state index contributed by atoms with van der Waals surface area (Å²) >= 11 is 0. The maximum absolute atomic E-state index is 10.8. The molecule has 0 bridgehead atoms. The van der Waals surface area contributed by atoms with Crippen LogP contribution in [0.3, 0.4) is 0 Å². The van der Waals surface area contributed by atoms with Crippen molar-refractivity contribution >= 4 is 14.1 Å². The second kappa shape index (κ2) is 13.5. The van der Waals surface area contributed by atoms with E-state index < -0.39 is 14.0 Å². The second-order valence-electron chi connectivity index (χ2n) is 7.48. The molecular formula is C22H37NO2Si. The smallest absolute Gasteiger partial charge is 0.328 e. The standard InChI is InChI=1S/C13H23NOSi.C9H14O/c1-8-10-12(11-9-2)13(3,14-4)15-16(5,6)7;1-4-6-9(7-5-2)8(3)10/h8-9,12H,1-2,10-11H2,3,5-7H3;4-5,9H,1-2,6-7H2,3H3. The summed E-state index contributed by atoms with van der Waals surface area (Å²) in [4.78, 5) is 14.5. The largest absolute Gasteiger partial charge is 0.351 e. The Morgan fingerprint density at radius 3 is 1.65 bits per heavy atom. The van der Waals surface area contributed by atoms with E-state index in [2.05, 4.69) is 50.8 Å². The van der Waals surface area contributed by atoms with Crippen LogP contribution in [0.5, 0.6) is 0 Å². The highest BCUT2D eigenvalue weighted by molar-refractivity contribution is 6.69. The summed E-state index contributed by atoms with van der Waals surface area (Å²) in [6.45, 7) is 31.8. The van der Waals surface area contributed by atoms with E-state index in [1.807, 2.05) is 19.1 Å². The summed E-state index contributed by atoms with van der Waals surface area (Å²) in [5.74, 6) is 0.474. The predicted octanol–water partition coefficient (Wildman–Crippen LogP) is 6.59. The van der Waals surface area contributed by atoms with E-state index in [-0.39, 0.29) is 17.6 Å². The number of ketones is 1. The molecule has 0 heterocycles. The molecule has 0 aliphatic heterocycles. The summed E-state index contributed by atoms with van der Waals surface area (Å²) in [7, 11) is -1.72. The molecule has 0 aromatic carbocycles. The van der Waals surface area contributed by atoms with Gasteiger partial charge in [-0.05, 0) is 52.2 Å². The number of rotatable bonds is 12. The van der Waals surface area contributed by atoms with Gasteiger partial charge in [0, 0.05) is 12.8 Å². The monoisotopic (exact) mass is 375 g/mol. The Hall–Kier alpha value is -1.70. The quantitative estimate of drug-likeness (QED) is 0.219. The number of hydrogen-bond donors (Lipinski definition) is 0. The molecule has 1 atom stereocenters. The van der Waals surface area contributed by atoms with Gasteiger partial charge in [-0.25, -0.2) is 6.57 Å². The third-order valence-corrected chi connectivity index (χ3v) is 4.90. The van der Waals surface area contributed by atoms with Crippen LogP contribution in [0.25, 0.3) is 4.85 Å². The van der Waals surface area contributed by atoms with Gasteiger partial charge in [-0.3, -0.25) is 9.64 Å². The first-order valence-electron chi connectivity index (χ1n) is 9.04. The van der Waals surface area contributed by atoms with E-state index in [4.69, 9.17) is 11.0 Å². The lowest BCUT2D eigenvalue weighted by atomic mass is 9.91. The van der Waals surface area contributed by atoms with Crippen molar-refractivity contribution < 1.29 is 9.22 Å². The highest BCUT2D eigenvalue weighted by atomic mass is 28.4. The Balaban J connectivity index is 0. The van der Waals surface area contributed by atoms with E-state index >= 15 is 0 Å². The third-order valence-electron chi connectivity index (χ3n) is 3.87. The van der Waals surface area contributed by atoms with Crippen LogP contribution < -0.4 is 0 Å². The molecule has 0 aliphatic rings. The van der Waals surface area contributed by atoms with E-state index in [1.165, 1.54) is 0 Å². The zero-order chi connectivity index (χ0) is 20.8. The fourth-order valence-corrected chi connectivity index (χ4v) is 4.04. The molecule has 26 heavy (non-hydrogen) atoms. The van der Waals surface area contributed by atoms with Gasteiger partial charge in [-0.15, -0.1) is 26.3 Å². The topological polar surface area (TPSA) is 30.7 Å². The lowest BCUT2D eigenvalue weighted by Crippen LogP contribution is -2.43. The van der Waals surface area contributed by atoms with Gasteiger partial charge in [0.15, 0.2) is 8.32 Å². The van der Waals surface area contributed by atoms with Crippen LogP contribution in [0.1, 0.15) is 39.5 Å². The zero-order valence-electron chi connectivity index (χ0n) is 17.4. The minimum absolute atomic E-state index is 0.106. The lowest BCUT2D eigenvalue weighted by molar-refractivity contribution is -0.120. The van der Waals surface area contributed by atoms with Gasteiger partial charge in [0.2, 0.25) is 0 Å². The summed E-state index contributed by atoms with van der Waals surface area (Å²) in [6, 6.07) is 0. The first-order valence-corrected chi connectivity index (χ1v) is 12.4.